The van der Waals surface area contributed by atoms with E-state index < -0.39 is 0 Å². The van der Waals surface area contributed by atoms with Gasteiger partial charge in [-0.15, -0.1) is 0 Å². The number of nitrogens with zero attached hydrogens (tertiary/aromatic N) is 3. The molecule has 100 valence electrons. The lowest BCUT2D eigenvalue weighted by molar-refractivity contribution is -0.126. The van der Waals surface area contributed by atoms with E-state index in [4.69, 9.17) is 5.73 Å². The number of nitrogens with two attached hydrogens (primary N) is 1. The number of nitrogen functional groups attached to an aromatic ring is 1. The van der Waals surface area contributed by atoms with Gasteiger partial charge in [-0.05, 0) is 18.2 Å². The fourth-order valence-corrected chi connectivity index (χ4v) is 2.00. The maximum absolute atomic E-state index is 11.7. The standard InChI is InChI=1S/C13H16N4O2/c14-12-4-3-11(10-15-12)16-5-7-17(8-6-16)13(19)2-1-9-18/h1-4,9-10H,5-8H2,(H2,14,15)/b2-1+. The molecule has 6 heteroatoms. The summed E-state index contributed by atoms with van der Waals surface area (Å²) in [5, 5.41) is 0. The van der Waals surface area contributed by atoms with Crippen molar-refractivity contribution in [2.45, 2.75) is 0 Å². The summed E-state index contributed by atoms with van der Waals surface area (Å²) in [6.45, 7) is 2.75. The van der Waals surface area contributed by atoms with Gasteiger partial charge in [0.2, 0.25) is 5.91 Å². The number of piperazine rings is 1. The molecule has 1 amide bonds. The second-order valence-corrected chi connectivity index (χ2v) is 4.25. The summed E-state index contributed by atoms with van der Waals surface area (Å²) < 4.78 is 0. The Kier molecular flexibility index (Phi) is 4.12. The Labute approximate surface area is 111 Å². The second-order valence-electron chi connectivity index (χ2n) is 4.25. The van der Waals surface area contributed by atoms with Crippen molar-refractivity contribution in [1.82, 2.24) is 9.88 Å². The number of amides is 1. The molecule has 0 aliphatic carbocycles. The summed E-state index contributed by atoms with van der Waals surface area (Å²) >= 11 is 0. The van der Waals surface area contributed by atoms with Gasteiger partial charge < -0.3 is 15.5 Å². The Hall–Kier alpha value is -2.37. The number of allylic oxidation sites excluding steroid dienone is 1. The highest BCUT2D eigenvalue weighted by molar-refractivity contribution is 5.91. The predicted octanol–water partition coefficient (Wildman–Crippen LogP) is 0.0675. The lowest BCUT2D eigenvalue weighted by atomic mass is 10.2. The van der Waals surface area contributed by atoms with E-state index >= 15 is 0 Å². The van der Waals surface area contributed by atoms with Crippen molar-refractivity contribution in [3.8, 4) is 0 Å². The lowest BCUT2D eigenvalue weighted by Crippen LogP contribution is -2.48. The molecule has 19 heavy (non-hydrogen) atoms. The van der Waals surface area contributed by atoms with Crippen LogP contribution < -0.4 is 10.6 Å². The Morgan fingerprint density at radius 1 is 1.26 bits per heavy atom. The molecule has 0 atom stereocenters. The molecule has 0 aromatic carbocycles. The van der Waals surface area contributed by atoms with Crippen LogP contribution in [0.5, 0.6) is 0 Å². The summed E-state index contributed by atoms with van der Waals surface area (Å²) in [6, 6.07) is 3.69. The summed E-state index contributed by atoms with van der Waals surface area (Å²) in [6.07, 6.45) is 4.86. The topological polar surface area (TPSA) is 79.5 Å². The number of carbonyl (C=O) groups excluding carboxylic acids is 2. The Morgan fingerprint density at radius 3 is 2.58 bits per heavy atom. The van der Waals surface area contributed by atoms with Gasteiger partial charge in [0.05, 0.1) is 11.9 Å². The zero-order chi connectivity index (χ0) is 13.7. The van der Waals surface area contributed by atoms with Crippen molar-refractivity contribution in [2.75, 3.05) is 36.8 Å². The molecule has 1 aromatic heterocycles. The number of pyridine rings is 1. The van der Waals surface area contributed by atoms with Crippen molar-refractivity contribution >= 4 is 23.7 Å². The fourth-order valence-electron chi connectivity index (χ4n) is 2.00. The zero-order valence-corrected chi connectivity index (χ0v) is 10.5. The van der Waals surface area contributed by atoms with Crippen LogP contribution in [-0.4, -0.2) is 48.3 Å². The number of anilines is 2. The molecule has 0 spiro atoms. The number of hydrogen-bond acceptors (Lipinski definition) is 5. The second kappa shape index (κ2) is 5.99. The van der Waals surface area contributed by atoms with Crippen LogP contribution in [0.1, 0.15) is 0 Å². The number of aldehydes is 1. The molecule has 2 N–H and O–H groups in total. The van der Waals surface area contributed by atoms with E-state index in [1.807, 2.05) is 6.07 Å². The first-order valence-electron chi connectivity index (χ1n) is 6.08. The molecular weight excluding hydrogens is 244 g/mol. The average molecular weight is 260 g/mol. The molecular formula is C13H16N4O2. The van der Waals surface area contributed by atoms with Crippen LogP contribution in [0.25, 0.3) is 0 Å². The summed E-state index contributed by atoms with van der Waals surface area (Å²) in [5.74, 6) is 0.374. The minimum Gasteiger partial charge on any atom is -0.384 e. The summed E-state index contributed by atoms with van der Waals surface area (Å²) in [4.78, 5) is 29.8. The SMILES string of the molecule is Nc1ccc(N2CCN(C(=O)/C=C/C=O)CC2)cn1. The van der Waals surface area contributed by atoms with Crippen LogP contribution in [0.4, 0.5) is 11.5 Å². The smallest absolute Gasteiger partial charge is 0.246 e. The zero-order valence-electron chi connectivity index (χ0n) is 10.5. The third kappa shape index (κ3) is 3.31. The number of rotatable bonds is 3. The van der Waals surface area contributed by atoms with E-state index in [0.717, 1.165) is 18.8 Å². The van der Waals surface area contributed by atoms with Crippen molar-refractivity contribution in [1.29, 1.82) is 0 Å². The normalized spacial score (nSPS) is 15.8. The van der Waals surface area contributed by atoms with Gasteiger partial charge in [-0.3, -0.25) is 9.59 Å². The molecule has 0 unspecified atom stereocenters. The van der Waals surface area contributed by atoms with Crippen molar-refractivity contribution in [3.05, 3.63) is 30.5 Å². The quantitative estimate of drug-likeness (QED) is 0.614. The van der Waals surface area contributed by atoms with Crippen LogP contribution in [0.3, 0.4) is 0 Å². The van der Waals surface area contributed by atoms with Gasteiger partial charge in [0.15, 0.2) is 0 Å². The minimum absolute atomic E-state index is 0.123. The fraction of sp³-hybridized carbons (Fsp3) is 0.308. The molecule has 2 rings (SSSR count). The molecule has 1 aliphatic rings. The first-order chi connectivity index (χ1) is 9.20. The predicted molar refractivity (Wildman–Crippen MR) is 72.6 cm³/mol. The van der Waals surface area contributed by atoms with Gasteiger partial charge >= 0.3 is 0 Å². The van der Waals surface area contributed by atoms with E-state index in [1.54, 1.807) is 17.2 Å². The molecule has 6 nitrogen and oxygen atoms in total. The molecule has 0 saturated carbocycles. The highest BCUT2D eigenvalue weighted by Crippen LogP contribution is 2.16. The third-order valence-corrected chi connectivity index (χ3v) is 3.04. The van der Waals surface area contributed by atoms with Crippen molar-refractivity contribution < 1.29 is 9.59 Å². The van der Waals surface area contributed by atoms with Crippen LogP contribution >= 0.6 is 0 Å². The summed E-state index contributed by atoms with van der Waals surface area (Å²) in [5.41, 5.74) is 6.55. The maximum atomic E-state index is 11.7. The van der Waals surface area contributed by atoms with Gasteiger partial charge in [0.25, 0.3) is 0 Å². The van der Waals surface area contributed by atoms with E-state index in [2.05, 4.69) is 9.88 Å². The molecule has 0 radical (unpaired) electrons. The van der Waals surface area contributed by atoms with Crippen LogP contribution in [-0.2, 0) is 9.59 Å². The molecule has 0 bridgehead atoms. The summed E-state index contributed by atoms with van der Waals surface area (Å²) in [7, 11) is 0. The lowest BCUT2D eigenvalue weighted by Gasteiger charge is -2.35. The average Bonchev–Trinajstić information content (AvgIpc) is 2.46. The Morgan fingerprint density at radius 2 is 2.00 bits per heavy atom. The third-order valence-electron chi connectivity index (χ3n) is 3.04. The first-order valence-corrected chi connectivity index (χ1v) is 6.08. The van der Waals surface area contributed by atoms with Gasteiger partial charge in [-0.1, -0.05) is 0 Å². The molecule has 1 saturated heterocycles. The van der Waals surface area contributed by atoms with Gasteiger partial charge in [0.1, 0.15) is 12.1 Å². The number of aromatic nitrogens is 1. The first kappa shape index (κ1) is 13.1. The number of hydrogen-bond donors (Lipinski definition) is 1. The Balaban J connectivity index is 1.92. The monoisotopic (exact) mass is 260 g/mol. The highest BCUT2D eigenvalue weighted by atomic mass is 16.2. The van der Waals surface area contributed by atoms with Gasteiger partial charge in [0, 0.05) is 32.3 Å². The van der Waals surface area contributed by atoms with Crippen LogP contribution in [0.2, 0.25) is 0 Å². The Bertz CT molecular complexity index is 476. The van der Waals surface area contributed by atoms with Crippen molar-refractivity contribution in [2.24, 2.45) is 0 Å². The molecule has 1 aliphatic heterocycles. The van der Waals surface area contributed by atoms with Gasteiger partial charge in [-0.25, -0.2) is 4.98 Å². The molecule has 2 heterocycles. The minimum atomic E-state index is -0.123. The van der Waals surface area contributed by atoms with Crippen LogP contribution in [0, 0.1) is 0 Å². The van der Waals surface area contributed by atoms with E-state index in [0.29, 0.717) is 25.2 Å². The largest absolute Gasteiger partial charge is 0.384 e. The highest BCUT2D eigenvalue weighted by Gasteiger charge is 2.19. The molecule has 1 aromatic rings. The van der Waals surface area contributed by atoms with E-state index in [1.165, 1.54) is 12.2 Å². The number of carbonyl (C=O) groups is 2. The van der Waals surface area contributed by atoms with Crippen LogP contribution in [0.15, 0.2) is 30.5 Å². The molecule has 1 fully saturated rings. The van der Waals surface area contributed by atoms with Crippen molar-refractivity contribution in [3.63, 3.8) is 0 Å². The van der Waals surface area contributed by atoms with Gasteiger partial charge in [-0.2, -0.15) is 0 Å². The van der Waals surface area contributed by atoms with E-state index in [-0.39, 0.29) is 5.91 Å². The maximum Gasteiger partial charge on any atom is 0.246 e. The van der Waals surface area contributed by atoms with E-state index in [9.17, 15) is 9.59 Å².